The summed E-state index contributed by atoms with van der Waals surface area (Å²) in [6.45, 7) is 7.30. The van der Waals surface area contributed by atoms with Gasteiger partial charge in [0.1, 0.15) is 0 Å². The quantitative estimate of drug-likeness (QED) is 0.557. The Balaban J connectivity index is 3.68. The van der Waals surface area contributed by atoms with Crippen LogP contribution < -0.4 is 0 Å². The molecule has 2 nitrogen and oxygen atoms in total. The van der Waals surface area contributed by atoms with Crippen LogP contribution in [0.25, 0.3) is 0 Å². The topological polar surface area (TPSA) is 26.3 Å². The largest absolute Gasteiger partial charge is 0.469 e. The molecule has 0 aliphatic carbocycles. The Bertz CT molecular complexity index is 99.4. The Labute approximate surface area is 62.6 Å². The van der Waals surface area contributed by atoms with E-state index in [4.69, 9.17) is 0 Å². The first kappa shape index (κ1) is 9.47. The van der Waals surface area contributed by atoms with Crippen LogP contribution in [0, 0.1) is 19.8 Å². The van der Waals surface area contributed by atoms with E-state index in [1.165, 1.54) is 7.11 Å². The normalized spacial score (nSPS) is 12.7. The van der Waals surface area contributed by atoms with Crippen molar-refractivity contribution in [1.29, 1.82) is 0 Å². The maximum absolute atomic E-state index is 10.8. The lowest BCUT2D eigenvalue weighted by molar-refractivity contribution is -0.145. The minimum atomic E-state index is -0.168. The van der Waals surface area contributed by atoms with Crippen LogP contribution in [-0.4, -0.2) is 13.1 Å². The van der Waals surface area contributed by atoms with E-state index in [1.54, 1.807) is 0 Å². The van der Waals surface area contributed by atoms with Gasteiger partial charge in [-0.2, -0.15) is 0 Å². The first-order valence-electron chi connectivity index (χ1n) is 3.42. The summed E-state index contributed by atoms with van der Waals surface area (Å²) in [4.78, 5) is 10.8. The van der Waals surface area contributed by atoms with Crippen molar-refractivity contribution in [3.8, 4) is 0 Å². The zero-order chi connectivity index (χ0) is 7.98. The first-order valence-corrected chi connectivity index (χ1v) is 3.42. The van der Waals surface area contributed by atoms with Crippen LogP contribution in [0.15, 0.2) is 0 Å². The van der Waals surface area contributed by atoms with Crippen molar-refractivity contribution in [2.45, 2.75) is 19.3 Å². The lowest BCUT2D eigenvalue weighted by Gasteiger charge is -2.09. The van der Waals surface area contributed by atoms with Gasteiger partial charge in [0.05, 0.1) is 13.0 Å². The van der Waals surface area contributed by atoms with Gasteiger partial charge in [-0.1, -0.05) is 20.3 Å². The summed E-state index contributed by atoms with van der Waals surface area (Å²) in [5, 5.41) is 0. The average molecular weight is 142 g/mol. The van der Waals surface area contributed by atoms with Gasteiger partial charge in [-0.15, -0.1) is 0 Å². The predicted octanol–water partition coefficient (Wildman–Crippen LogP) is 1.61. The van der Waals surface area contributed by atoms with Crippen molar-refractivity contribution >= 4 is 5.97 Å². The molecule has 0 rings (SSSR count). The van der Waals surface area contributed by atoms with E-state index in [0.29, 0.717) is 6.42 Å². The highest BCUT2D eigenvalue weighted by Gasteiger charge is 2.14. The third-order valence-corrected chi connectivity index (χ3v) is 1.44. The highest BCUT2D eigenvalue weighted by molar-refractivity contribution is 5.72. The molecule has 2 heteroatoms. The van der Waals surface area contributed by atoms with Crippen LogP contribution >= 0.6 is 0 Å². The van der Waals surface area contributed by atoms with Gasteiger partial charge in [0.25, 0.3) is 0 Å². The number of ether oxygens (including phenoxy) is 1. The molecule has 0 saturated heterocycles. The van der Waals surface area contributed by atoms with Crippen molar-refractivity contribution in [3.63, 3.8) is 0 Å². The molecule has 0 aliphatic rings. The fourth-order valence-corrected chi connectivity index (χ4v) is 0.793. The molecule has 10 heavy (non-hydrogen) atoms. The lowest BCUT2D eigenvalue weighted by atomic mass is 10.0. The number of esters is 1. The summed E-state index contributed by atoms with van der Waals surface area (Å²) in [7, 11) is 1.40. The zero-order valence-corrected chi connectivity index (χ0v) is 6.43. The third kappa shape index (κ3) is 2.85. The molecule has 0 amide bonds. The van der Waals surface area contributed by atoms with Crippen molar-refractivity contribution < 1.29 is 9.53 Å². The van der Waals surface area contributed by atoms with Crippen LogP contribution in [0.1, 0.15) is 19.3 Å². The molecule has 0 N–H and O–H groups in total. The highest BCUT2D eigenvalue weighted by atomic mass is 16.5. The molecule has 1 unspecified atom stereocenters. The summed E-state index contributed by atoms with van der Waals surface area (Å²) in [5.41, 5.74) is 0. The van der Waals surface area contributed by atoms with Crippen LogP contribution in [0.5, 0.6) is 0 Å². The molecule has 0 aromatic heterocycles. The maximum atomic E-state index is 10.8. The van der Waals surface area contributed by atoms with Crippen LogP contribution in [-0.2, 0) is 9.53 Å². The van der Waals surface area contributed by atoms with Gasteiger partial charge < -0.3 is 4.74 Å². The fourth-order valence-electron chi connectivity index (χ4n) is 0.793. The molecular formula is C8H14O2. The molecule has 0 aromatic carbocycles. The van der Waals surface area contributed by atoms with E-state index in [1.807, 2.05) is 0 Å². The minimum Gasteiger partial charge on any atom is -0.469 e. The number of methoxy groups -OCH3 is 1. The lowest BCUT2D eigenvalue weighted by Crippen LogP contribution is -2.14. The van der Waals surface area contributed by atoms with E-state index in [2.05, 4.69) is 18.6 Å². The molecule has 0 fully saturated rings. The molecular weight excluding hydrogens is 128 g/mol. The van der Waals surface area contributed by atoms with Crippen LogP contribution in [0.3, 0.4) is 0 Å². The van der Waals surface area contributed by atoms with E-state index in [9.17, 15) is 4.79 Å². The standard InChI is InChI=1S/C8H14O2/c1-4-6-7(5-2)8(9)10-3/h7H,1-2,4-6H2,3H3. The molecule has 0 saturated carbocycles. The van der Waals surface area contributed by atoms with Gasteiger partial charge in [0.15, 0.2) is 0 Å². The number of hydrogen-bond acceptors (Lipinski definition) is 2. The van der Waals surface area contributed by atoms with Crippen molar-refractivity contribution in [1.82, 2.24) is 0 Å². The Hall–Kier alpha value is -0.530. The molecule has 1 atom stereocenters. The van der Waals surface area contributed by atoms with Crippen LogP contribution in [0.4, 0.5) is 0 Å². The summed E-state index contributed by atoms with van der Waals surface area (Å²) < 4.78 is 4.55. The van der Waals surface area contributed by atoms with E-state index >= 15 is 0 Å². The van der Waals surface area contributed by atoms with Crippen LogP contribution in [0.2, 0.25) is 0 Å². The van der Waals surface area contributed by atoms with E-state index in [-0.39, 0.29) is 11.9 Å². The molecule has 0 heterocycles. The minimum absolute atomic E-state index is 0.0532. The van der Waals surface area contributed by atoms with Gasteiger partial charge in [-0.3, -0.25) is 4.79 Å². The van der Waals surface area contributed by atoms with Crippen molar-refractivity contribution in [2.24, 2.45) is 5.92 Å². The second-order valence-corrected chi connectivity index (χ2v) is 2.15. The van der Waals surface area contributed by atoms with Gasteiger partial charge in [0.2, 0.25) is 0 Å². The smallest absolute Gasteiger partial charge is 0.308 e. The summed E-state index contributed by atoms with van der Waals surface area (Å²) in [6, 6.07) is 0. The molecule has 0 spiro atoms. The zero-order valence-electron chi connectivity index (χ0n) is 6.43. The highest BCUT2D eigenvalue weighted by Crippen LogP contribution is 2.11. The Morgan fingerprint density at radius 3 is 2.50 bits per heavy atom. The van der Waals surface area contributed by atoms with Crippen molar-refractivity contribution in [2.75, 3.05) is 7.11 Å². The Kier molecular flexibility index (Phi) is 4.99. The van der Waals surface area contributed by atoms with Gasteiger partial charge >= 0.3 is 5.97 Å². The van der Waals surface area contributed by atoms with Gasteiger partial charge in [-0.25, -0.2) is 0 Å². The maximum Gasteiger partial charge on any atom is 0.308 e. The van der Waals surface area contributed by atoms with Gasteiger partial charge in [-0.05, 0) is 12.8 Å². The van der Waals surface area contributed by atoms with Crippen molar-refractivity contribution in [3.05, 3.63) is 13.8 Å². The molecule has 0 aromatic rings. The van der Waals surface area contributed by atoms with Gasteiger partial charge in [0, 0.05) is 0 Å². The Morgan fingerprint density at radius 1 is 1.60 bits per heavy atom. The molecule has 0 aliphatic heterocycles. The van der Waals surface area contributed by atoms with E-state index < -0.39 is 0 Å². The SMILES string of the molecule is [CH2]CCC(C[CH2])C(=O)OC. The number of carbonyl (C=O) groups is 1. The second-order valence-electron chi connectivity index (χ2n) is 2.15. The number of hydrogen-bond donors (Lipinski definition) is 0. The number of rotatable bonds is 4. The molecule has 2 radical (unpaired) electrons. The summed E-state index contributed by atoms with van der Waals surface area (Å²) >= 11 is 0. The average Bonchev–Trinajstić information content (AvgIpc) is 1.99. The summed E-state index contributed by atoms with van der Waals surface area (Å²) in [6.07, 6.45) is 2.13. The fraction of sp³-hybridized carbons (Fsp3) is 0.625. The van der Waals surface area contributed by atoms with E-state index in [0.717, 1.165) is 12.8 Å². The predicted molar refractivity (Wildman–Crippen MR) is 40.1 cm³/mol. The Morgan fingerprint density at radius 2 is 2.20 bits per heavy atom. The second kappa shape index (κ2) is 5.27. The third-order valence-electron chi connectivity index (χ3n) is 1.44. The molecule has 0 bridgehead atoms. The monoisotopic (exact) mass is 142 g/mol. The molecule has 58 valence electrons. The number of carbonyl (C=O) groups excluding carboxylic acids is 1. The summed E-state index contributed by atoms with van der Waals surface area (Å²) in [5.74, 6) is -0.221. The first-order chi connectivity index (χ1) is 4.76.